The highest BCUT2D eigenvalue weighted by Crippen LogP contribution is 2.26. The highest BCUT2D eigenvalue weighted by atomic mass is 35.5. The Hall–Kier alpha value is -2.12. The van der Waals surface area contributed by atoms with E-state index in [1.807, 2.05) is 31.2 Å². The van der Waals surface area contributed by atoms with Gasteiger partial charge in [0.2, 0.25) is 0 Å². The van der Waals surface area contributed by atoms with E-state index in [0.717, 1.165) is 49.8 Å². The lowest BCUT2D eigenvalue weighted by molar-refractivity contribution is 0.0962. The average Bonchev–Trinajstić information content (AvgIpc) is 3.14. The van der Waals surface area contributed by atoms with Gasteiger partial charge in [-0.1, -0.05) is 23.2 Å². The van der Waals surface area contributed by atoms with Crippen molar-refractivity contribution in [3.8, 4) is 5.69 Å². The third-order valence-electron chi connectivity index (χ3n) is 5.46. The SMILES string of the molecule is Cc1c(C(=O)CCN2CCN(c3cc(Cl)cc(Cl)c3)CC2)cnn1-c1ccncc1.Cl. The fraction of sp³-hybridized carbons (Fsp3) is 0.318. The minimum atomic E-state index is 0. The molecule has 6 nitrogen and oxygen atoms in total. The normalized spacial score (nSPS) is 14.4. The molecule has 0 bridgehead atoms. The summed E-state index contributed by atoms with van der Waals surface area (Å²) in [6.45, 7) is 6.21. The third kappa shape index (κ3) is 5.57. The molecule has 0 atom stereocenters. The van der Waals surface area contributed by atoms with Crippen LogP contribution in [0.1, 0.15) is 22.5 Å². The van der Waals surface area contributed by atoms with E-state index in [9.17, 15) is 4.79 Å². The summed E-state index contributed by atoms with van der Waals surface area (Å²) in [4.78, 5) is 21.4. The summed E-state index contributed by atoms with van der Waals surface area (Å²) in [5, 5.41) is 5.68. The second kappa shape index (κ2) is 10.5. The maximum Gasteiger partial charge on any atom is 0.167 e. The van der Waals surface area contributed by atoms with Gasteiger partial charge >= 0.3 is 0 Å². The Bertz CT molecular complexity index is 1010. The molecule has 0 spiro atoms. The molecular weight excluding hydrogens is 457 g/mol. The molecule has 1 aromatic carbocycles. The maximum absolute atomic E-state index is 12.8. The summed E-state index contributed by atoms with van der Waals surface area (Å²) in [6.07, 6.45) is 5.58. The molecule has 0 aliphatic carbocycles. The van der Waals surface area contributed by atoms with Crippen LogP contribution in [0.15, 0.2) is 48.9 Å². The number of piperazine rings is 1. The van der Waals surface area contributed by atoms with Crippen molar-refractivity contribution in [2.75, 3.05) is 37.6 Å². The number of carbonyl (C=O) groups excluding carboxylic acids is 1. The van der Waals surface area contributed by atoms with E-state index in [2.05, 4.69) is 19.9 Å². The zero-order chi connectivity index (χ0) is 21.1. The van der Waals surface area contributed by atoms with E-state index in [1.165, 1.54) is 0 Å². The molecule has 3 heterocycles. The molecule has 1 aliphatic rings. The van der Waals surface area contributed by atoms with Crippen molar-refractivity contribution in [2.24, 2.45) is 0 Å². The first kappa shape index (κ1) is 23.5. The number of hydrogen-bond acceptors (Lipinski definition) is 5. The lowest BCUT2D eigenvalue weighted by atomic mass is 10.1. The number of Topliss-reactive ketones (excluding diaryl/α,β-unsaturated/α-hetero) is 1. The Labute approximate surface area is 198 Å². The topological polar surface area (TPSA) is 54.3 Å². The van der Waals surface area contributed by atoms with Crippen LogP contribution >= 0.6 is 35.6 Å². The fourth-order valence-electron chi connectivity index (χ4n) is 3.77. The standard InChI is InChI=1S/C22H23Cl2N5O.ClH/c1-16-21(15-26-29(16)19-2-5-25-6-3-19)22(30)4-7-27-8-10-28(11-9-27)20-13-17(23)12-18(24)14-20;/h2-3,5-6,12-15H,4,7-11H2,1H3;1H. The summed E-state index contributed by atoms with van der Waals surface area (Å²) >= 11 is 12.3. The summed E-state index contributed by atoms with van der Waals surface area (Å²) in [5.74, 6) is 0.122. The number of hydrogen-bond donors (Lipinski definition) is 0. The van der Waals surface area contributed by atoms with Gasteiger partial charge in [0.05, 0.1) is 23.1 Å². The number of aromatic nitrogens is 3. The van der Waals surface area contributed by atoms with Crippen LogP contribution in [0.3, 0.4) is 0 Å². The molecule has 3 aromatic rings. The van der Waals surface area contributed by atoms with Gasteiger partial charge in [0, 0.05) is 67.3 Å². The molecule has 0 saturated carbocycles. The lowest BCUT2D eigenvalue weighted by Crippen LogP contribution is -2.46. The van der Waals surface area contributed by atoms with Crippen LogP contribution in [0, 0.1) is 6.92 Å². The second-order valence-electron chi connectivity index (χ2n) is 7.39. The first-order chi connectivity index (χ1) is 14.5. The van der Waals surface area contributed by atoms with E-state index in [-0.39, 0.29) is 18.2 Å². The van der Waals surface area contributed by atoms with E-state index in [0.29, 0.717) is 22.0 Å². The molecule has 1 fully saturated rings. The lowest BCUT2D eigenvalue weighted by Gasteiger charge is -2.36. The van der Waals surface area contributed by atoms with E-state index < -0.39 is 0 Å². The first-order valence-corrected chi connectivity index (χ1v) is 10.7. The Morgan fingerprint density at radius 1 is 1.00 bits per heavy atom. The summed E-state index contributed by atoms with van der Waals surface area (Å²) < 4.78 is 1.78. The molecule has 164 valence electrons. The van der Waals surface area contributed by atoms with Gasteiger partial charge in [0.15, 0.2) is 5.78 Å². The van der Waals surface area contributed by atoms with Crippen LogP contribution in [0.5, 0.6) is 0 Å². The third-order valence-corrected chi connectivity index (χ3v) is 5.89. The number of halogens is 3. The van der Waals surface area contributed by atoms with Crippen molar-refractivity contribution in [1.29, 1.82) is 0 Å². The summed E-state index contributed by atoms with van der Waals surface area (Å²) in [5.41, 5.74) is 3.48. The van der Waals surface area contributed by atoms with Gasteiger partial charge in [0.25, 0.3) is 0 Å². The monoisotopic (exact) mass is 479 g/mol. The van der Waals surface area contributed by atoms with Crippen molar-refractivity contribution in [3.63, 3.8) is 0 Å². The van der Waals surface area contributed by atoms with Crippen molar-refractivity contribution in [3.05, 3.63) is 70.2 Å². The van der Waals surface area contributed by atoms with Crippen molar-refractivity contribution >= 4 is 47.1 Å². The number of carbonyl (C=O) groups is 1. The highest BCUT2D eigenvalue weighted by molar-refractivity contribution is 6.35. The van der Waals surface area contributed by atoms with Crippen molar-refractivity contribution < 1.29 is 4.79 Å². The van der Waals surface area contributed by atoms with Gasteiger partial charge in [0.1, 0.15) is 0 Å². The maximum atomic E-state index is 12.8. The molecule has 0 N–H and O–H groups in total. The Morgan fingerprint density at radius 3 is 2.29 bits per heavy atom. The molecule has 4 rings (SSSR count). The van der Waals surface area contributed by atoms with Gasteiger partial charge in [-0.15, -0.1) is 12.4 Å². The van der Waals surface area contributed by atoms with E-state index in [1.54, 1.807) is 29.3 Å². The van der Waals surface area contributed by atoms with Crippen LogP contribution < -0.4 is 4.90 Å². The predicted molar refractivity (Wildman–Crippen MR) is 127 cm³/mol. The van der Waals surface area contributed by atoms with E-state index >= 15 is 0 Å². The Morgan fingerprint density at radius 2 is 1.65 bits per heavy atom. The molecular formula is C22H24Cl3N5O. The van der Waals surface area contributed by atoms with E-state index in [4.69, 9.17) is 23.2 Å². The van der Waals surface area contributed by atoms with Gasteiger partial charge in [-0.3, -0.25) is 14.7 Å². The zero-order valence-corrected chi connectivity index (χ0v) is 19.5. The zero-order valence-electron chi connectivity index (χ0n) is 17.2. The number of nitrogens with zero attached hydrogens (tertiary/aromatic N) is 5. The average molecular weight is 481 g/mol. The number of ketones is 1. The molecule has 31 heavy (non-hydrogen) atoms. The van der Waals surface area contributed by atoms with Gasteiger partial charge in [-0.05, 0) is 37.3 Å². The Balaban J connectivity index is 0.00000272. The fourth-order valence-corrected chi connectivity index (χ4v) is 4.29. The van der Waals surface area contributed by atoms with Crippen LogP contribution in [0.2, 0.25) is 10.0 Å². The van der Waals surface area contributed by atoms with Crippen LogP contribution in [0.25, 0.3) is 5.69 Å². The highest BCUT2D eigenvalue weighted by Gasteiger charge is 2.20. The van der Waals surface area contributed by atoms with Crippen LogP contribution in [-0.2, 0) is 0 Å². The predicted octanol–water partition coefficient (Wildman–Crippen LogP) is 4.70. The summed E-state index contributed by atoms with van der Waals surface area (Å²) in [6, 6.07) is 9.38. The second-order valence-corrected chi connectivity index (χ2v) is 8.26. The minimum absolute atomic E-state index is 0. The summed E-state index contributed by atoms with van der Waals surface area (Å²) in [7, 11) is 0. The number of benzene rings is 1. The minimum Gasteiger partial charge on any atom is -0.369 e. The molecule has 1 aliphatic heterocycles. The number of pyridine rings is 1. The van der Waals surface area contributed by atoms with Crippen molar-refractivity contribution in [2.45, 2.75) is 13.3 Å². The molecule has 1 saturated heterocycles. The smallest absolute Gasteiger partial charge is 0.167 e. The van der Waals surface area contributed by atoms with Crippen molar-refractivity contribution in [1.82, 2.24) is 19.7 Å². The molecule has 0 radical (unpaired) electrons. The van der Waals surface area contributed by atoms with Crippen LogP contribution in [-0.4, -0.2) is 58.2 Å². The number of rotatable bonds is 6. The van der Waals surface area contributed by atoms with Crippen LogP contribution in [0.4, 0.5) is 5.69 Å². The van der Waals surface area contributed by atoms with Gasteiger partial charge < -0.3 is 4.90 Å². The molecule has 0 unspecified atom stereocenters. The molecule has 9 heteroatoms. The molecule has 2 aromatic heterocycles. The quantitative estimate of drug-likeness (QED) is 0.479. The van der Waals surface area contributed by atoms with Gasteiger partial charge in [-0.25, -0.2) is 4.68 Å². The number of anilines is 1. The first-order valence-electron chi connectivity index (χ1n) is 9.93. The van der Waals surface area contributed by atoms with Gasteiger partial charge in [-0.2, -0.15) is 5.10 Å². The Kier molecular flexibility index (Phi) is 7.94. The molecule has 0 amide bonds. The largest absolute Gasteiger partial charge is 0.369 e.